The Hall–Kier alpha value is -2.07. The van der Waals surface area contributed by atoms with Gasteiger partial charge in [-0.3, -0.25) is 4.79 Å². The van der Waals surface area contributed by atoms with Gasteiger partial charge in [-0.15, -0.1) is 0 Å². The number of hydrogen-bond donors (Lipinski definition) is 2. The van der Waals surface area contributed by atoms with E-state index in [4.69, 9.17) is 5.11 Å². The van der Waals surface area contributed by atoms with Crippen LogP contribution in [-0.2, 0) is 19.6 Å². The van der Waals surface area contributed by atoms with E-state index in [1.807, 2.05) is 0 Å². The summed E-state index contributed by atoms with van der Waals surface area (Å²) in [5.41, 5.74) is -1.19. The summed E-state index contributed by atoms with van der Waals surface area (Å²) in [5, 5.41) is 11.6. The maximum Gasteiger partial charge on any atom is 0.329 e. The van der Waals surface area contributed by atoms with Crippen molar-refractivity contribution in [1.29, 1.82) is 0 Å². The number of benzene rings is 1. The standard InChI is InChI=1S/C16H18F2N2O5S/c17-11-1-2-12(18)13(9-11)26(24,25)20-7-3-10(4-8-20)14(21)19-16(5-6-16)15(22)23/h1-2,9-10H,3-8H2,(H,19,21)(H,22,23). The molecule has 1 saturated carbocycles. The van der Waals surface area contributed by atoms with Gasteiger partial charge in [-0.05, 0) is 43.9 Å². The Morgan fingerprint density at radius 1 is 1.19 bits per heavy atom. The number of nitrogens with one attached hydrogen (secondary N) is 1. The van der Waals surface area contributed by atoms with Gasteiger partial charge in [0.05, 0.1) is 0 Å². The summed E-state index contributed by atoms with van der Waals surface area (Å²) in [4.78, 5) is 22.6. The summed E-state index contributed by atoms with van der Waals surface area (Å²) >= 11 is 0. The second-order valence-corrected chi connectivity index (χ2v) is 8.54. The first-order chi connectivity index (χ1) is 12.2. The highest BCUT2D eigenvalue weighted by Gasteiger charge is 2.52. The highest BCUT2D eigenvalue weighted by atomic mass is 32.2. The minimum atomic E-state index is -4.21. The summed E-state index contributed by atoms with van der Waals surface area (Å²) < 4.78 is 53.1. The summed E-state index contributed by atoms with van der Waals surface area (Å²) in [6.45, 7) is -0.0626. The van der Waals surface area contributed by atoms with Crippen LogP contribution < -0.4 is 5.32 Å². The van der Waals surface area contributed by atoms with Gasteiger partial charge < -0.3 is 10.4 Å². The van der Waals surface area contributed by atoms with Crippen molar-refractivity contribution < 1.29 is 31.9 Å². The fraction of sp³-hybridized carbons (Fsp3) is 0.500. The molecule has 0 bridgehead atoms. The van der Waals surface area contributed by atoms with Crippen LogP contribution in [0.25, 0.3) is 0 Å². The molecule has 3 rings (SSSR count). The Balaban J connectivity index is 1.65. The fourth-order valence-corrected chi connectivity index (χ4v) is 4.57. The zero-order valence-electron chi connectivity index (χ0n) is 13.7. The Morgan fingerprint density at radius 3 is 2.35 bits per heavy atom. The van der Waals surface area contributed by atoms with Crippen LogP contribution >= 0.6 is 0 Å². The van der Waals surface area contributed by atoms with Gasteiger partial charge in [0.1, 0.15) is 22.1 Å². The van der Waals surface area contributed by atoms with E-state index in [0.717, 1.165) is 16.4 Å². The molecule has 2 aliphatic rings. The van der Waals surface area contributed by atoms with Gasteiger partial charge in [-0.1, -0.05) is 0 Å². The number of hydrogen-bond acceptors (Lipinski definition) is 4. The normalized spacial score (nSPS) is 20.5. The Kier molecular flexibility index (Phi) is 4.74. The molecular formula is C16H18F2N2O5S. The van der Waals surface area contributed by atoms with Crippen molar-refractivity contribution in [2.45, 2.75) is 36.1 Å². The lowest BCUT2D eigenvalue weighted by Gasteiger charge is -2.31. The molecule has 26 heavy (non-hydrogen) atoms. The Labute approximate surface area is 149 Å². The van der Waals surface area contributed by atoms with Gasteiger partial charge >= 0.3 is 5.97 Å². The smallest absolute Gasteiger partial charge is 0.329 e. The first kappa shape index (κ1) is 18.7. The second-order valence-electron chi connectivity index (χ2n) is 6.63. The van der Waals surface area contributed by atoms with Crippen LogP contribution in [0.3, 0.4) is 0 Å². The predicted octanol–water partition coefficient (Wildman–Crippen LogP) is 1.10. The fourth-order valence-electron chi connectivity index (χ4n) is 3.03. The molecule has 10 heteroatoms. The molecule has 1 saturated heterocycles. The zero-order chi connectivity index (χ0) is 19.1. The quantitative estimate of drug-likeness (QED) is 0.786. The van der Waals surface area contributed by atoms with Crippen LogP contribution in [0.5, 0.6) is 0 Å². The molecule has 1 heterocycles. The van der Waals surface area contributed by atoms with Crippen molar-refractivity contribution in [3.63, 3.8) is 0 Å². The van der Waals surface area contributed by atoms with Crippen molar-refractivity contribution >= 4 is 21.9 Å². The SMILES string of the molecule is O=C(NC1(C(=O)O)CC1)C1CCN(S(=O)(=O)c2cc(F)ccc2F)CC1. The van der Waals surface area contributed by atoms with Gasteiger partial charge in [-0.25, -0.2) is 22.0 Å². The van der Waals surface area contributed by atoms with Gasteiger partial charge in [-0.2, -0.15) is 4.31 Å². The van der Waals surface area contributed by atoms with Crippen molar-refractivity contribution in [2.24, 2.45) is 5.92 Å². The van der Waals surface area contributed by atoms with Crippen LogP contribution in [0.1, 0.15) is 25.7 Å². The van der Waals surface area contributed by atoms with E-state index < -0.39 is 49.9 Å². The highest BCUT2D eigenvalue weighted by Crippen LogP contribution is 2.36. The van der Waals surface area contributed by atoms with Gasteiger partial charge in [0.25, 0.3) is 0 Å². The highest BCUT2D eigenvalue weighted by molar-refractivity contribution is 7.89. The third-order valence-corrected chi connectivity index (χ3v) is 6.77. The third-order valence-electron chi connectivity index (χ3n) is 4.86. The van der Waals surface area contributed by atoms with Crippen LogP contribution in [-0.4, -0.2) is 48.3 Å². The van der Waals surface area contributed by atoms with Crippen LogP contribution in [0.4, 0.5) is 8.78 Å². The number of aliphatic carboxylic acids is 1. The van der Waals surface area contributed by atoms with Gasteiger partial charge in [0.15, 0.2) is 0 Å². The molecule has 1 aliphatic heterocycles. The molecule has 0 atom stereocenters. The molecule has 0 spiro atoms. The molecule has 1 aromatic rings. The molecule has 1 aliphatic carbocycles. The number of piperidine rings is 1. The summed E-state index contributed by atoms with van der Waals surface area (Å²) in [6.07, 6.45) is 1.11. The molecule has 0 radical (unpaired) electrons. The Bertz CT molecular complexity index is 846. The summed E-state index contributed by atoms with van der Waals surface area (Å²) in [6, 6.07) is 2.22. The van der Waals surface area contributed by atoms with Gasteiger partial charge in [0.2, 0.25) is 15.9 Å². The number of rotatable bonds is 5. The maximum atomic E-state index is 13.8. The average Bonchev–Trinajstić information content (AvgIpc) is 3.38. The van der Waals surface area contributed by atoms with Crippen molar-refractivity contribution in [3.8, 4) is 0 Å². The number of carbonyl (C=O) groups is 2. The first-order valence-corrected chi connectivity index (χ1v) is 9.60. The van der Waals surface area contributed by atoms with E-state index in [1.165, 1.54) is 0 Å². The monoisotopic (exact) mass is 388 g/mol. The van der Waals surface area contributed by atoms with Crippen LogP contribution in [0.15, 0.2) is 23.1 Å². The van der Waals surface area contributed by atoms with Crippen molar-refractivity contribution in [1.82, 2.24) is 9.62 Å². The molecular weight excluding hydrogens is 370 g/mol. The minimum absolute atomic E-state index is 0.0313. The second kappa shape index (κ2) is 6.58. The molecule has 7 nitrogen and oxygen atoms in total. The minimum Gasteiger partial charge on any atom is -0.480 e. The topological polar surface area (TPSA) is 104 Å². The van der Waals surface area contributed by atoms with Crippen LogP contribution in [0, 0.1) is 17.6 Å². The van der Waals surface area contributed by atoms with E-state index >= 15 is 0 Å². The molecule has 142 valence electrons. The molecule has 1 aromatic carbocycles. The van der Waals surface area contributed by atoms with Crippen molar-refractivity contribution in [2.75, 3.05) is 13.1 Å². The van der Waals surface area contributed by atoms with Crippen LogP contribution in [0.2, 0.25) is 0 Å². The summed E-state index contributed by atoms with van der Waals surface area (Å²) in [7, 11) is -4.21. The maximum absolute atomic E-state index is 13.8. The molecule has 2 N–H and O–H groups in total. The number of carbonyl (C=O) groups excluding carboxylic acids is 1. The third kappa shape index (κ3) is 3.43. The molecule has 2 fully saturated rings. The first-order valence-electron chi connectivity index (χ1n) is 8.16. The molecule has 1 amide bonds. The van der Waals surface area contributed by atoms with Crippen molar-refractivity contribution in [3.05, 3.63) is 29.8 Å². The lowest BCUT2D eigenvalue weighted by Crippen LogP contribution is -2.48. The van der Waals surface area contributed by atoms with E-state index in [2.05, 4.69) is 5.32 Å². The number of nitrogens with zero attached hydrogens (tertiary/aromatic N) is 1. The lowest BCUT2D eigenvalue weighted by atomic mass is 9.96. The molecule has 0 aromatic heterocycles. The Morgan fingerprint density at radius 2 is 1.81 bits per heavy atom. The lowest BCUT2D eigenvalue weighted by molar-refractivity contribution is -0.144. The van der Waals surface area contributed by atoms with E-state index in [1.54, 1.807) is 0 Å². The number of amides is 1. The molecule has 0 unspecified atom stereocenters. The number of carboxylic acids is 1. The predicted molar refractivity (Wildman–Crippen MR) is 85.6 cm³/mol. The van der Waals surface area contributed by atoms with E-state index in [-0.39, 0.29) is 25.9 Å². The number of halogens is 2. The van der Waals surface area contributed by atoms with E-state index in [0.29, 0.717) is 18.9 Å². The van der Waals surface area contributed by atoms with E-state index in [9.17, 15) is 26.8 Å². The van der Waals surface area contributed by atoms with Gasteiger partial charge in [0, 0.05) is 19.0 Å². The largest absolute Gasteiger partial charge is 0.480 e. The zero-order valence-corrected chi connectivity index (χ0v) is 14.6. The number of carboxylic acid groups (broad SMARTS) is 1. The average molecular weight is 388 g/mol. The summed E-state index contributed by atoms with van der Waals surface area (Å²) in [5.74, 6) is -3.91. The number of sulfonamides is 1.